The van der Waals surface area contributed by atoms with Gasteiger partial charge >= 0.3 is 0 Å². The van der Waals surface area contributed by atoms with Crippen molar-refractivity contribution in [2.75, 3.05) is 0 Å². The molecule has 0 aliphatic rings. The zero-order valence-electron chi connectivity index (χ0n) is 12.0. The summed E-state index contributed by atoms with van der Waals surface area (Å²) < 4.78 is 3.15. The van der Waals surface area contributed by atoms with Crippen molar-refractivity contribution in [1.82, 2.24) is 14.8 Å². The second-order valence-electron chi connectivity index (χ2n) is 4.91. The molecule has 0 bridgehead atoms. The van der Waals surface area contributed by atoms with Gasteiger partial charge in [-0.2, -0.15) is 5.10 Å². The molecule has 0 unspecified atom stereocenters. The van der Waals surface area contributed by atoms with Crippen LogP contribution in [-0.4, -0.2) is 19.7 Å². The third kappa shape index (κ3) is 2.95. The summed E-state index contributed by atoms with van der Waals surface area (Å²) in [7, 11) is 1.82. The lowest BCUT2D eigenvalue weighted by Gasteiger charge is -2.10. The maximum Gasteiger partial charge on any atom is 0.270 e. The van der Waals surface area contributed by atoms with E-state index in [1.807, 2.05) is 31.3 Å². The number of H-pyrrole nitrogens is 1. The van der Waals surface area contributed by atoms with Crippen molar-refractivity contribution in [3.63, 3.8) is 0 Å². The molecule has 6 nitrogen and oxygen atoms in total. The van der Waals surface area contributed by atoms with E-state index in [0.717, 1.165) is 21.2 Å². The Morgan fingerprint density at radius 2 is 2.04 bits per heavy atom. The Morgan fingerprint density at radius 3 is 2.70 bits per heavy atom. The van der Waals surface area contributed by atoms with Gasteiger partial charge in [-0.3, -0.25) is 15.2 Å². The number of aromatic nitrogens is 3. The molecule has 0 aliphatic heterocycles. The average Bonchev–Trinajstić information content (AvgIpc) is 2.87. The summed E-state index contributed by atoms with van der Waals surface area (Å²) in [5.41, 5.74) is 2.46. The molecule has 1 heterocycles. The number of nitro groups is 1. The number of nitrogens with one attached hydrogen (secondary N) is 1. The molecule has 0 spiro atoms. The molecule has 1 N–H and O–H groups in total. The number of hydrogen-bond donors (Lipinski definition) is 1. The maximum absolute atomic E-state index is 11.0. The van der Waals surface area contributed by atoms with Crippen LogP contribution in [0.5, 0.6) is 0 Å². The van der Waals surface area contributed by atoms with Crippen LogP contribution in [0, 0.1) is 14.9 Å². The molecule has 116 valence electrons. The Kier molecular flexibility index (Phi) is 4.10. The van der Waals surface area contributed by atoms with Crippen molar-refractivity contribution < 1.29 is 4.92 Å². The van der Waals surface area contributed by atoms with Crippen molar-refractivity contribution >= 4 is 33.8 Å². The summed E-state index contributed by atoms with van der Waals surface area (Å²) in [4.78, 5) is 10.6. The molecule has 3 aromatic rings. The molecule has 0 saturated heterocycles. The topological polar surface area (TPSA) is 76.8 Å². The molecular formula is C15H11BrN4O2S. The van der Waals surface area contributed by atoms with Gasteiger partial charge in [0.05, 0.1) is 4.92 Å². The molecule has 0 fully saturated rings. The van der Waals surface area contributed by atoms with Crippen molar-refractivity contribution in [1.29, 1.82) is 0 Å². The van der Waals surface area contributed by atoms with Crippen molar-refractivity contribution in [2.24, 2.45) is 7.05 Å². The van der Waals surface area contributed by atoms with E-state index < -0.39 is 4.92 Å². The van der Waals surface area contributed by atoms with Crippen LogP contribution in [0.25, 0.3) is 22.5 Å². The first-order valence-corrected chi connectivity index (χ1v) is 7.83. The minimum absolute atomic E-state index is 0.0452. The minimum Gasteiger partial charge on any atom is -0.303 e. The van der Waals surface area contributed by atoms with Gasteiger partial charge in [0.25, 0.3) is 5.69 Å². The van der Waals surface area contributed by atoms with Crippen LogP contribution in [0.4, 0.5) is 5.69 Å². The largest absolute Gasteiger partial charge is 0.303 e. The van der Waals surface area contributed by atoms with Crippen molar-refractivity contribution in [3.8, 4) is 22.5 Å². The van der Waals surface area contributed by atoms with Gasteiger partial charge in [-0.25, -0.2) is 0 Å². The predicted molar refractivity (Wildman–Crippen MR) is 93.6 cm³/mol. The number of rotatable bonds is 3. The second kappa shape index (κ2) is 6.05. The van der Waals surface area contributed by atoms with E-state index in [-0.39, 0.29) is 5.69 Å². The van der Waals surface area contributed by atoms with Gasteiger partial charge in [0.15, 0.2) is 10.6 Å². The number of halogens is 1. The third-order valence-corrected chi connectivity index (χ3v) is 4.33. The predicted octanol–water partition coefficient (Wildman–Crippen LogP) is 4.48. The van der Waals surface area contributed by atoms with E-state index in [4.69, 9.17) is 12.2 Å². The highest BCUT2D eigenvalue weighted by atomic mass is 79.9. The molecule has 2 aromatic carbocycles. The van der Waals surface area contributed by atoms with E-state index in [1.54, 1.807) is 16.7 Å². The summed E-state index contributed by atoms with van der Waals surface area (Å²) >= 11 is 8.61. The van der Waals surface area contributed by atoms with Crippen molar-refractivity contribution in [3.05, 3.63) is 61.8 Å². The summed E-state index contributed by atoms with van der Waals surface area (Å²) in [6.45, 7) is 0. The summed E-state index contributed by atoms with van der Waals surface area (Å²) in [6, 6.07) is 12.2. The summed E-state index contributed by atoms with van der Waals surface area (Å²) in [5.74, 6) is 0.670. The molecule has 23 heavy (non-hydrogen) atoms. The van der Waals surface area contributed by atoms with E-state index in [1.165, 1.54) is 6.07 Å². The molecular weight excluding hydrogens is 380 g/mol. The van der Waals surface area contributed by atoms with Crippen LogP contribution in [0.3, 0.4) is 0 Å². The number of non-ortho nitro benzene ring substituents is 1. The second-order valence-corrected chi connectivity index (χ2v) is 6.21. The standard InChI is InChI=1S/C15H11BrN4O2S/c1-19-14(17-18-15(19)23)12-6-5-10(16)8-13(12)9-3-2-4-11(7-9)20(21)22/h2-8H,1H3,(H,18,23). The minimum atomic E-state index is -0.406. The zero-order valence-corrected chi connectivity index (χ0v) is 14.4. The molecule has 0 radical (unpaired) electrons. The molecule has 8 heteroatoms. The van der Waals surface area contributed by atoms with Gasteiger partial charge < -0.3 is 4.57 Å². The fraction of sp³-hybridized carbons (Fsp3) is 0.0667. The smallest absolute Gasteiger partial charge is 0.270 e. The number of nitrogens with zero attached hydrogens (tertiary/aromatic N) is 3. The summed E-state index contributed by atoms with van der Waals surface area (Å²) in [5, 5.41) is 18.0. The van der Waals surface area contributed by atoms with Gasteiger partial charge in [0.1, 0.15) is 0 Å². The Hall–Kier alpha value is -2.32. The normalized spacial score (nSPS) is 10.7. The highest BCUT2D eigenvalue weighted by molar-refractivity contribution is 9.10. The van der Waals surface area contributed by atoms with Gasteiger partial charge in [-0.05, 0) is 41.5 Å². The fourth-order valence-corrected chi connectivity index (χ4v) is 2.82. The van der Waals surface area contributed by atoms with Crippen LogP contribution in [0.15, 0.2) is 46.9 Å². The van der Waals surface area contributed by atoms with Crippen LogP contribution in [0.1, 0.15) is 0 Å². The van der Waals surface area contributed by atoms with Crippen LogP contribution < -0.4 is 0 Å². The maximum atomic E-state index is 11.0. The van der Waals surface area contributed by atoms with E-state index in [2.05, 4.69) is 26.1 Å². The number of nitro benzene ring substituents is 1. The highest BCUT2D eigenvalue weighted by Gasteiger charge is 2.15. The zero-order chi connectivity index (χ0) is 16.6. The lowest BCUT2D eigenvalue weighted by molar-refractivity contribution is -0.384. The van der Waals surface area contributed by atoms with Crippen LogP contribution in [0.2, 0.25) is 0 Å². The molecule has 3 rings (SSSR count). The van der Waals surface area contributed by atoms with Crippen LogP contribution >= 0.6 is 28.1 Å². The lowest BCUT2D eigenvalue weighted by atomic mass is 9.99. The van der Waals surface area contributed by atoms with Gasteiger partial charge in [0.2, 0.25) is 0 Å². The highest BCUT2D eigenvalue weighted by Crippen LogP contribution is 2.34. The molecule has 0 saturated carbocycles. The Morgan fingerprint density at radius 1 is 1.26 bits per heavy atom. The first kappa shape index (κ1) is 15.6. The number of aromatic amines is 1. The number of hydrogen-bond acceptors (Lipinski definition) is 4. The molecule has 0 aliphatic carbocycles. The van der Waals surface area contributed by atoms with E-state index >= 15 is 0 Å². The Labute approximate surface area is 145 Å². The van der Waals surface area contributed by atoms with E-state index in [9.17, 15) is 10.1 Å². The quantitative estimate of drug-likeness (QED) is 0.406. The Bertz CT molecular complexity index is 964. The Balaban J connectivity index is 2.25. The molecule has 1 aromatic heterocycles. The van der Waals surface area contributed by atoms with Gasteiger partial charge in [-0.1, -0.05) is 28.1 Å². The lowest BCUT2D eigenvalue weighted by Crippen LogP contribution is -1.95. The fourth-order valence-electron chi connectivity index (χ4n) is 2.33. The third-order valence-electron chi connectivity index (χ3n) is 3.47. The van der Waals surface area contributed by atoms with Gasteiger partial charge in [-0.15, -0.1) is 0 Å². The SMILES string of the molecule is Cn1c(-c2ccc(Br)cc2-c2cccc([N+](=O)[O-])c2)n[nH]c1=S. The molecule has 0 amide bonds. The first-order valence-electron chi connectivity index (χ1n) is 6.63. The average molecular weight is 391 g/mol. The van der Waals surface area contributed by atoms with E-state index in [0.29, 0.717) is 10.6 Å². The van der Waals surface area contributed by atoms with Crippen LogP contribution in [-0.2, 0) is 7.05 Å². The van der Waals surface area contributed by atoms with Gasteiger partial charge in [0, 0.05) is 29.2 Å². The number of benzene rings is 2. The first-order chi connectivity index (χ1) is 11.0. The molecule has 0 atom stereocenters. The summed E-state index contributed by atoms with van der Waals surface area (Å²) in [6.07, 6.45) is 0. The monoisotopic (exact) mass is 390 g/mol. The van der Waals surface area contributed by atoms with Crippen molar-refractivity contribution in [2.45, 2.75) is 0 Å².